The lowest BCUT2D eigenvalue weighted by atomic mass is 9.99. The SMILES string of the molecule is CCC1C(=O)NC(=O)CN1C(=O)N1CCCC1(C)C(=O)O. The Bertz CT molecular complexity index is 506. The number of nitrogens with zero attached hydrogens (tertiary/aromatic N) is 2. The van der Waals surface area contributed by atoms with E-state index >= 15 is 0 Å². The second-order valence-corrected chi connectivity index (χ2v) is 5.58. The van der Waals surface area contributed by atoms with E-state index < -0.39 is 35.4 Å². The van der Waals surface area contributed by atoms with Crippen LogP contribution in [0.15, 0.2) is 0 Å². The third-order valence-electron chi connectivity index (χ3n) is 4.22. The summed E-state index contributed by atoms with van der Waals surface area (Å²) in [7, 11) is 0. The molecule has 0 saturated carbocycles. The van der Waals surface area contributed by atoms with Gasteiger partial charge in [-0.05, 0) is 26.2 Å². The molecule has 116 valence electrons. The quantitative estimate of drug-likeness (QED) is 0.685. The topological polar surface area (TPSA) is 107 Å². The highest BCUT2D eigenvalue weighted by atomic mass is 16.4. The van der Waals surface area contributed by atoms with Crippen molar-refractivity contribution in [2.75, 3.05) is 13.1 Å². The zero-order valence-corrected chi connectivity index (χ0v) is 12.1. The van der Waals surface area contributed by atoms with Gasteiger partial charge in [0, 0.05) is 6.54 Å². The molecule has 0 aromatic heterocycles. The van der Waals surface area contributed by atoms with E-state index in [2.05, 4.69) is 5.32 Å². The summed E-state index contributed by atoms with van der Waals surface area (Å²) in [5.41, 5.74) is -1.29. The van der Waals surface area contributed by atoms with Gasteiger partial charge in [-0.3, -0.25) is 14.9 Å². The predicted octanol–water partition coefficient (Wildman–Crippen LogP) is -0.217. The number of aliphatic carboxylic acids is 1. The summed E-state index contributed by atoms with van der Waals surface area (Å²) in [6.07, 6.45) is 1.31. The summed E-state index contributed by atoms with van der Waals surface area (Å²) in [5, 5.41) is 11.6. The van der Waals surface area contributed by atoms with Gasteiger partial charge in [-0.1, -0.05) is 6.92 Å². The van der Waals surface area contributed by atoms with Crippen molar-refractivity contribution >= 4 is 23.8 Å². The second kappa shape index (κ2) is 5.34. The first-order chi connectivity index (χ1) is 9.81. The van der Waals surface area contributed by atoms with E-state index in [9.17, 15) is 24.3 Å². The summed E-state index contributed by atoms with van der Waals surface area (Å²) in [5.74, 6) is -2.14. The van der Waals surface area contributed by atoms with Crippen molar-refractivity contribution in [2.24, 2.45) is 0 Å². The van der Waals surface area contributed by atoms with Crippen molar-refractivity contribution in [3.8, 4) is 0 Å². The van der Waals surface area contributed by atoms with Crippen molar-refractivity contribution in [3.63, 3.8) is 0 Å². The van der Waals surface area contributed by atoms with E-state index in [1.165, 1.54) is 16.7 Å². The van der Waals surface area contributed by atoms with Gasteiger partial charge in [0.05, 0.1) is 0 Å². The Balaban J connectivity index is 2.27. The molecule has 8 nitrogen and oxygen atoms in total. The molecule has 0 radical (unpaired) electrons. The molecule has 21 heavy (non-hydrogen) atoms. The van der Waals surface area contributed by atoms with Crippen LogP contribution in [0.4, 0.5) is 4.79 Å². The number of carboxylic acids is 1. The Morgan fingerprint density at radius 1 is 1.43 bits per heavy atom. The standard InChI is InChI=1S/C13H19N3O5/c1-3-8-10(18)14-9(17)7-15(8)12(21)16-6-4-5-13(16,2)11(19)20/h8H,3-7H2,1-2H3,(H,19,20)(H,14,17,18). The fourth-order valence-electron chi connectivity index (χ4n) is 2.92. The maximum Gasteiger partial charge on any atom is 0.329 e. The van der Waals surface area contributed by atoms with Crippen molar-refractivity contribution < 1.29 is 24.3 Å². The minimum Gasteiger partial charge on any atom is -0.480 e. The molecule has 0 aliphatic carbocycles. The Morgan fingerprint density at radius 2 is 2.10 bits per heavy atom. The number of carboxylic acid groups (broad SMARTS) is 1. The van der Waals surface area contributed by atoms with Gasteiger partial charge in [-0.25, -0.2) is 9.59 Å². The van der Waals surface area contributed by atoms with E-state index in [1.54, 1.807) is 6.92 Å². The summed E-state index contributed by atoms with van der Waals surface area (Å²) in [6, 6.07) is -1.30. The number of hydrogen-bond acceptors (Lipinski definition) is 4. The van der Waals surface area contributed by atoms with E-state index in [-0.39, 0.29) is 6.54 Å². The molecule has 2 saturated heterocycles. The Morgan fingerprint density at radius 3 is 2.67 bits per heavy atom. The van der Waals surface area contributed by atoms with Crippen LogP contribution in [-0.2, 0) is 14.4 Å². The molecule has 2 unspecified atom stereocenters. The van der Waals surface area contributed by atoms with Crippen LogP contribution in [0, 0.1) is 0 Å². The minimum absolute atomic E-state index is 0.227. The van der Waals surface area contributed by atoms with Crippen LogP contribution < -0.4 is 5.32 Å². The second-order valence-electron chi connectivity index (χ2n) is 5.58. The van der Waals surface area contributed by atoms with Crippen LogP contribution in [0.1, 0.15) is 33.1 Å². The first-order valence-corrected chi connectivity index (χ1v) is 6.96. The molecule has 2 N–H and O–H groups in total. The summed E-state index contributed by atoms with van der Waals surface area (Å²) < 4.78 is 0. The first kappa shape index (κ1) is 15.3. The summed E-state index contributed by atoms with van der Waals surface area (Å²) in [4.78, 5) is 49.8. The number of hydrogen-bond donors (Lipinski definition) is 2. The lowest BCUT2D eigenvalue weighted by Gasteiger charge is -2.39. The molecule has 2 aliphatic rings. The van der Waals surface area contributed by atoms with Gasteiger partial charge in [0.2, 0.25) is 11.8 Å². The molecule has 0 bridgehead atoms. The first-order valence-electron chi connectivity index (χ1n) is 6.96. The lowest BCUT2D eigenvalue weighted by molar-refractivity contribution is -0.147. The normalized spacial score (nSPS) is 29.5. The number of rotatable bonds is 2. The van der Waals surface area contributed by atoms with E-state index in [0.717, 1.165) is 0 Å². The van der Waals surface area contributed by atoms with Gasteiger partial charge in [0.1, 0.15) is 18.1 Å². The Hall–Kier alpha value is -2.12. The number of piperazine rings is 1. The highest BCUT2D eigenvalue weighted by Crippen LogP contribution is 2.31. The van der Waals surface area contributed by atoms with Gasteiger partial charge in [0.25, 0.3) is 0 Å². The van der Waals surface area contributed by atoms with Crippen LogP contribution in [0.2, 0.25) is 0 Å². The third kappa shape index (κ3) is 2.45. The minimum atomic E-state index is -1.29. The molecule has 2 fully saturated rings. The van der Waals surface area contributed by atoms with Gasteiger partial charge >= 0.3 is 12.0 Å². The molecule has 2 aliphatic heterocycles. The number of urea groups is 1. The Kier molecular flexibility index (Phi) is 3.89. The fraction of sp³-hybridized carbons (Fsp3) is 0.692. The molecule has 2 rings (SSSR count). The molecule has 0 aromatic carbocycles. The zero-order chi connectivity index (χ0) is 15.8. The average molecular weight is 297 g/mol. The van der Waals surface area contributed by atoms with Crippen molar-refractivity contribution in [1.29, 1.82) is 0 Å². The molecular weight excluding hydrogens is 278 g/mol. The maximum atomic E-state index is 12.6. The van der Waals surface area contributed by atoms with E-state index in [1.807, 2.05) is 0 Å². The molecule has 4 amide bonds. The number of amides is 4. The molecule has 2 heterocycles. The molecular formula is C13H19N3O5. The summed E-state index contributed by atoms with van der Waals surface area (Å²) in [6.45, 7) is 3.31. The molecule has 8 heteroatoms. The van der Waals surface area contributed by atoms with Crippen molar-refractivity contribution in [3.05, 3.63) is 0 Å². The van der Waals surface area contributed by atoms with Gasteiger partial charge in [-0.15, -0.1) is 0 Å². The van der Waals surface area contributed by atoms with E-state index in [4.69, 9.17) is 0 Å². The molecule has 2 atom stereocenters. The van der Waals surface area contributed by atoms with Gasteiger partial charge < -0.3 is 14.9 Å². The Labute approximate surface area is 122 Å². The van der Waals surface area contributed by atoms with Crippen LogP contribution in [0.3, 0.4) is 0 Å². The largest absolute Gasteiger partial charge is 0.480 e. The average Bonchev–Trinajstić information content (AvgIpc) is 2.80. The molecule has 0 aromatic rings. The van der Waals surface area contributed by atoms with Gasteiger partial charge in [0.15, 0.2) is 0 Å². The highest BCUT2D eigenvalue weighted by Gasteiger charge is 2.49. The van der Waals surface area contributed by atoms with Crippen LogP contribution in [0.25, 0.3) is 0 Å². The lowest BCUT2D eigenvalue weighted by Crippen LogP contribution is -2.64. The highest BCUT2D eigenvalue weighted by molar-refractivity contribution is 6.04. The summed E-state index contributed by atoms with van der Waals surface area (Å²) >= 11 is 0. The zero-order valence-electron chi connectivity index (χ0n) is 12.1. The fourth-order valence-corrected chi connectivity index (χ4v) is 2.92. The van der Waals surface area contributed by atoms with Crippen LogP contribution in [-0.4, -0.2) is 63.4 Å². The number of likely N-dealkylation sites (tertiary alicyclic amines) is 1. The van der Waals surface area contributed by atoms with E-state index in [0.29, 0.717) is 25.8 Å². The van der Waals surface area contributed by atoms with Crippen LogP contribution in [0.5, 0.6) is 0 Å². The number of carbonyl (C=O) groups excluding carboxylic acids is 3. The maximum absolute atomic E-state index is 12.6. The monoisotopic (exact) mass is 297 g/mol. The molecule has 0 spiro atoms. The third-order valence-corrected chi connectivity index (χ3v) is 4.22. The smallest absolute Gasteiger partial charge is 0.329 e. The number of carbonyl (C=O) groups is 4. The van der Waals surface area contributed by atoms with Gasteiger partial charge in [-0.2, -0.15) is 0 Å². The van der Waals surface area contributed by atoms with Crippen molar-refractivity contribution in [1.82, 2.24) is 15.1 Å². The van der Waals surface area contributed by atoms with Crippen LogP contribution >= 0.6 is 0 Å². The predicted molar refractivity (Wildman–Crippen MR) is 71.3 cm³/mol. The number of imide groups is 1. The number of nitrogens with one attached hydrogen (secondary N) is 1. The van der Waals surface area contributed by atoms with Crippen molar-refractivity contribution in [2.45, 2.75) is 44.7 Å².